The lowest BCUT2D eigenvalue weighted by Crippen LogP contribution is -2.14. The van der Waals surface area contributed by atoms with E-state index in [4.69, 9.17) is 16.2 Å². The van der Waals surface area contributed by atoms with E-state index in [0.717, 1.165) is 16.8 Å². The fraction of sp³-hybridized carbons (Fsp3) is 0.263. The number of amides is 1. The van der Waals surface area contributed by atoms with Gasteiger partial charge in [0.25, 0.3) is 5.91 Å². The SMILES string of the molecule is COc1cc(O)c(C)c(-n2c(N)c(C(N)=O)c3cc(C)c(C)nc32)c1C. The second-order valence-electron chi connectivity index (χ2n) is 6.42. The minimum absolute atomic E-state index is 0.0631. The van der Waals surface area contributed by atoms with Crippen LogP contribution in [0.4, 0.5) is 5.82 Å². The molecule has 0 saturated carbocycles. The molecule has 0 spiro atoms. The highest BCUT2D eigenvalue weighted by atomic mass is 16.5. The predicted molar refractivity (Wildman–Crippen MR) is 101 cm³/mol. The van der Waals surface area contributed by atoms with Gasteiger partial charge in [0.15, 0.2) is 0 Å². The van der Waals surface area contributed by atoms with E-state index in [9.17, 15) is 9.90 Å². The van der Waals surface area contributed by atoms with Crippen molar-refractivity contribution in [3.8, 4) is 17.2 Å². The molecule has 26 heavy (non-hydrogen) atoms. The quantitative estimate of drug-likeness (QED) is 0.668. The lowest BCUT2D eigenvalue weighted by atomic mass is 10.1. The first kappa shape index (κ1) is 17.6. The summed E-state index contributed by atoms with van der Waals surface area (Å²) in [4.78, 5) is 16.7. The average molecular weight is 354 g/mol. The molecule has 5 N–H and O–H groups in total. The smallest absolute Gasteiger partial charge is 0.253 e. The predicted octanol–water partition coefficient (Wildman–Crippen LogP) is 2.65. The van der Waals surface area contributed by atoms with Gasteiger partial charge in [-0.2, -0.15) is 0 Å². The monoisotopic (exact) mass is 354 g/mol. The lowest BCUT2D eigenvalue weighted by molar-refractivity contribution is 0.100. The van der Waals surface area contributed by atoms with Crippen molar-refractivity contribution in [1.29, 1.82) is 0 Å². The number of benzene rings is 1. The average Bonchev–Trinajstić information content (AvgIpc) is 2.84. The molecule has 1 aromatic carbocycles. The third-order valence-electron chi connectivity index (χ3n) is 4.85. The minimum Gasteiger partial charge on any atom is -0.507 e. The molecule has 0 saturated heterocycles. The van der Waals surface area contributed by atoms with Crippen molar-refractivity contribution in [2.45, 2.75) is 27.7 Å². The Kier molecular flexibility index (Phi) is 4.02. The van der Waals surface area contributed by atoms with Crippen molar-refractivity contribution in [3.05, 3.63) is 40.1 Å². The zero-order valence-electron chi connectivity index (χ0n) is 15.5. The number of pyridine rings is 1. The molecule has 136 valence electrons. The van der Waals surface area contributed by atoms with E-state index < -0.39 is 5.91 Å². The number of hydrogen-bond donors (Lipinski definition) is 3. The van der Waals surface area contributed by atoms with Crippen molar-refractivity contribution in [3.63, 3.8) is 0 Å². The first-order chi connectivity index (χ1) is 12.2. The Labute approximate surface area is 151 Å². The van der Waals surface area contributed by atoms with E-state index in [0.29, 0.717) is 28.0 Å². The maximum Gasteiger partial charge on any atom is 0.253 e. The number of aromatic hydroxyl groups is 1. The minimum atomic E-state index is -0.626. The number of rotatable bonds is 3. The lowest BCUT2D eigenvalue weighted by Gasteiger charge is -2.18. The van der Waals surface area contributed by atoms with Gasteiger partial charge < -0.3 is 21.3 Å². The topological polar surface area (TPSA) is 116 Å². The van der Waals surface area contributed by atoms with E-state index in [1.54, 1.807) is 17.6 Å². The van der Waals surface area contributed by atoms with E-state index in [1.807, 2.05) is 26.8 Å². The van der Waals surface area contributed by atoms with E-state index in [2.05, 4.69) is 4.98 Å². The van der Waals surface area contributed by atoms with Crippen molar-refractivity contribution in [2.75, 3.05) is 12.8 Å². The molecule has 0 atom stereocenters. The zero-order valence-corrected chi connectivity index (χ0v) is 15.5. The van der Waals surface area contributed by atoms with Crippen LogP contribution in [0.1, 0.15) is 32.7 Å². The van der Waals surface area contributed by atoms with Crippen LogP contribution in [-0.2, 0) is 0 Å². The van der Waals surface area contributed by atoms with Crippen molar-refractivity contribution in [2.24, 2.45) is 5.73 Å². The molecule has 7 nitrogen and oxygen atoms in total. The summed E-state index contributed by atoms with van der Waals surface area (Å²) < 4.78 is 7.03. The fourth-order valence-electron chi connectivity index (χ4n) is 3.30. The molecule has 0 aliphatic heterocycles. The summed E-state index contributed by atoms with van der Waals surface area (Å²) in [6.45, 7) is 7.42. The number of nitrogen functional groups attached to an aromatic ring is 1. The molecule has 1 amide bonds. The van der Waals surface area contributed by atoms with Gasteiger partial charge in [0.05, 0.1) is 18.4 Å². The summed E-state index contributed by atoms with van der Waals surface area (Å²) in [5, 5.41) is 10.9. The molecule has 2 aromatic heterocycles. The van der Waals surface area contributed by atoms with Gasteiger partial charge in [-0.25, -0.2) is 4.98 Å². The van der Waals surface area contributed by atoms with Gasteiger partial charge in [0.1, 0.15) is 23.0 Å². The Balaban J connectivity index is 2.56. The molecule has 0 radical (unpaired) electrons. The number of carbonyl (C=O) groups excluding carboxylic acids is 1. The molecule has 0 fully saturated rings. The second-order valence-corrected chi connectivity index (χ2v) is 6.42. The van der Waals surface area contributed by atoms with Gasteiger partial charge in [-0.1, -0.05) is 0 Å². The highest BCUT2D eigenvalue weighted by Crippen LogP contribution is 2.39. The van der Waals surface area contributed by atoms with E-state index >= 15 is 0 Å². The van der Waals surface area contributed by atoms with Crippen molar-refractivity contribution < 1.29 is 14.6 Å². The number of phenolic OH excluding ortho intramolecular Hbond substituents is 1. The molecule has 7 heteroatoms. The summed E-state index contributed by atoms with van der Waals surface area (Å²) in [5.74, 6) is 0.129. The number of aryl methyl sites for hydroxylation is 2. The zero-order chi connectivity index (χ0) is 19.3. The molecule has 2 heterocycles. The molecule has 0 aliphatic carbocycles. The molecule has 0 aliphatic rings. The number of fused-ring (bicyclic) bond motifs is 1. The Morgan fingerprint density at radius 1 is 1.19 bits per heavy atom. The van der Waals surface area contributed by atoms with Gasteiger partial charge in [0, 0.05) is 28.3 Å². The summed E-state index contributed by atoms with van der Waals surface area (Å²) >= 11 is 0. The van der Waals surface area contributed by atoms with E-state index in [1.165, 1.54) is 7.11 Å². The normalized spacial score (nSPS) is 11.1. The number of hydrogen-bond acceptors (Lipinski definition) is 5. The summed E-state index contributed by atoms with van der Waals surface area (Å²) in [6, 6.07) is 3.41. The van der Waals surface area contributed by atoms with Gasteiger partial charge in [-0.15, -0.1) is 0 Å². The number of carbonyl (C=O) groups is 1. The van der Waals surface area contributed by atoms with Gasteiger partial charge in [-0.3, -0.25) is 9.36 Å². The standard InChI is InChI=1S/C19H22N4O3/c1-8-6-12-15(18(21)25)17(20)23(19(12)22-11(8)4)16-9(2)13(24)7-14(26-5)10(16)3/h6-7,24H,20H2,1-5H3,(H2,21,25). The van der Waals surface area contributed by atoms with Gasteiger partial charge in [-0.05, 0) is 39.3 Å². The highest BCUT2D eigenvalue weighted by molar-refractivity contribution is 6.11. The number of methoxy groups -OCH3 is 1. The molecular formula is C19H22N4O3. The first-order valence-corrected chi connectivity index (χ1v) is 8.14. The third-order valence-corrected chi connectivity index (χ3v) is 4.85. The van der Waals surface area contributed by atoms with Crippen LogP contribution in [0, 0.1) is 27.7 Å². The van der Waals surface area contributed by atoms with Gasteiger partial charge in [0.2, 0.25) is 0 Å². The maximum absolute atomic E-state index is 12.1. The number of ether oxygens (including phenoxy) is 1. The van der Waals surface area contributed by atoms with Crippen LogP contribution in [0.15, 0.2) is 12.1 Å². The first-order valence-electron chi connectivity index (χ1n) is 8.14. The number of phenols is 1. The maximum atomic E-state index is 12.1. The number of aromatic nitrogens is 2. The van der Waals surface area contributed by atoms with Crippen LogP contribution in [0.2, 0.25) is 0 Å². The fourth-order valence-corrected chi connectivity index (χ4v) is 3.30. The third kappa shape index (κ3) is 2.35. The molecular weight excluding hydrogens is 332 g/mol. The van der Waals surface area contributed by atoms with Crippen LogP contribution < -0.4 is 16.2 Å². The molecule has 0 bridgehead atoms. The number of primary amides is 1. The summed E-state index contributed by atoms with van der Waals surface area (Å²) in [7, 11) is 1.53. The summed E-state index contributed by atoms with van der Waals surface area (Å²) in [6.07, 6.45) is 0. The highest BCUT2D eigenvalue weighted by Gasteiger charge is 2.25. The van der Waals surface area contributed by atoms with Crippen molar-refractivity contribution >= 4 is 22.8 Å². The van der Waals surface area contributed by atoms with Crippen LogP contribution in [0.25, 0.3) is 16.7 Å². The van der Waals surface area contributed by atoms with Crippen LogP contribution in [-0.4, -0.2) is 27.7 Å². The Hall–Kier alpha value is -3.22. The summed E-state index contributed by atoms with van der Waals surface area (Å²) in [5.41, 5.74) is 16.4. The van der Waals surface area contributed by atoms with Crippen LogP contribution in [0.5, 0.6) is 11.5 Å². The molecule has 0 unspecified atom stereocenters. The number of nitrogens with zero attached hydrogens (tertiary/aromatic N) is 2. The Morgan fingerprint density at radius 3 is 2.42 bits per heavy atom. The second kappa shape index (κ2) is 5.94. The van der Waals surface area contributed by atoms with E-state index in [-0.39, 0.29) is 17.1 Å². The van der Waals surface area contributed by atoms with Crippen molar-refractivity contribution in [1.82, 2.24) is 9.55 Å². The number of anilines is 1. The number of nitrogens with two attached hydrogens (primary N) is 2. The Bertz CT molecular complexity index is 1070. The van der Waals surface area contributed by atoms with Gasteiger partial charge >= 0.3 is 0 Å². The largest absolute Gasteiger partial charge is 0.507 e. The molecule has 3 rings (SSSR count). The molecule has 3 aromatic rings. The van der Waals surface area contributed by atoms with Crippen LogP contribution >= 0.6 is 0 Å². The Morgan fingerprint density at radius 2 is 1.85 bits per heavy atom. The van der Waals surface area contributed by atoms with Crippen LogP contribution in [0.3, 0.4) is 0 Å².